The van der Waals surface area contributed by atoms with E-state index in [1.807, 2.05) is 60.1 Å². The van der Waals surface area contributed by atoms with Crippen LogP contribution < -0.4 is 10.6 Å². The number of thiocarbonyl (C=S) groups is 1. The summed E-state index contributed by atoms with van der Waals surface area (Å²) in [5, 5.41) is 14.9. The highest BCUT2D eigenvalue weighted by molar-refractivity contribution is 7.80. The van der Waals surface area contributed by atoms with Crippen molar-refractivity contribution in [3.8, 4) is 0 Å². The summed E-state index contributed by atoms with van der Waals surface area (Å²) < 4.78 is 3.91. The molecule has 3 aromatic heterocycles. The molecular formula is C25H26N8OS. The lowest BCUT2D eigenvalue weighted by atomic mass is 9.96. The molecule has 1 aromatic carbocycles. The van der Waals surface area contributed by atoms with Crippen molar-refractivity contribution in [3.63, 3.8) is 0 Å². The van der Waals surface area contributed by atoms with Crippen LogP contribution in [0.4, 0.5) is 5.69 Å². The number of nitrogens with one attached hydrogen (secondary N) is 2. The van der Waals surface area contributed by atoms with E-state index >= 15 is 0 Å². The predicted octanol–water partition coefficient (Wildman–Crippen LogP) is 3.40. The van der Waals surface area contributed by atoms with Crippen molar-refractivity contribution in [1.29, 1.82) is 0 Å². The molecule has 4 aromatic rings. The van der Waals surface area contributed by atoms with Crippen LogP contribution in [-0.2, 0) is 4.79 Å². The zero-order valence-corrected chi connectivity index (χ0v) is 20.3. The number of hydrogen-bond acceptors (Lipinski definition) is 5. The van der Waals surface area contributed by atoms with E-state index in [1.54, 1.807) is 18.9 Å². The van der Waals surface area contributed by atoms with E-state index in [0.29, 0.717) is 18.1 Å². The van der Waals surface area contributed by atoms with Crippen LogP contribution in [-0.4, -0.2) is 47.0 Å². The van der Waals surface area contributed by atoms with Gasteiger partial charge >= 0.3 is 0 Å². The monoisotopic (exact) mass is 486 g/mol. The minimum Gasteiger partial charge on any atom is -0.352 e. The fraction of sp³-hybridized carbons (Fsp3) is 0.240. The summed E-state index contributed by atoms with van der Waals surface area (Å²) in [5.74, 6) is -0.0611. The van der Waals surface area contributed by atoms with Crippen LogP contribution in [0.15, 0.2) is 73.4 Å². The molecule has 0 unspecified atom stereocenters. The van der Waals surface area contributed by atoms with E-state index in [-0.39, 0.29) is 18.0 Å². The molecule has 0 spiro atoms. The van der Waals surface area contributed by atoms with Crippen LogP contribution in [0.1, 0.15) is 41.1 Å². The van der Waals surface area contributed by atoms with Crippen molar-refractivity contribution < 1.29 is 4.79 Å². The topological polar surface area (TPSA) is 92.9 Å². The van der Waals surface area contributed by atoms with Gasteiger partial charge in [-0.05, 0) is 56.4 Å². The molecule has 1 amide bonds. The summed E-state index contributed by atoms with van der Waals surface area (Å²) in [7, 11) is 0. The first-order valence-corrected chi connectivity index (χ1v) is 11.8. The quantitative estimate of drug-likeness (QED) is 0.387. The second-order valence-electron chi connectivity index (χ2n) is 8.46. The Kier molecular flexibility index (Phi) is 6.28. The molecule has 2 N–H and O–H groups in total. The lowest BCUT2D eigenvalue weighted by Crippen LogP contribution is -2.33. The Bertz CT molecular complexity index is 1320. The van der Waals surface area contributed by atoms with Gasteiger partial charge in [-0.2, -0.15) is 0 Å². The van der Waals surface area contributed by atoms with Crippen molar-refractivity contribution in [1.82, 2.24) is 34.8 Å². The summed E-state index contributed by atoms with van der Waals surface area (Å²) in [4.78, 5) is 19.4. The highest BCUT2D eigenvalue weighted by Crippen LogP contribution is 2.40. The van der Waals surface area contributed by atoms with Gasteiger partial charge in [-0.25, -0.2) is 4.68 Å². The van der Waals surface area contributed by atoms with Crippen LogP contribution in [0.25, 0.3) is 0 Å². The molecule has 4 heterocycles. The van der Waals surface area contributed by atoms with Gasteiger partial charge in [0.2, 0.25) is 5.91 Å². The van der Waals surface area contributed by atoms with Gasteiger partial charge in [-0.15, -0.1) is 10.2 Å². The van der Waals surface area contributed by atoms with Crippen LogP contribution in [0, 0.1) is 13.8 Å². The highest BCUT2D eigenvalue weighted by atomic mass is 32.1. The number of carbonyl (C=O) groups is 1. The van der Waals surface area contributed by atoms with E-state index < -0.39 is 0 Å². The van der Waals surface area contributed by atoms with Crippen molar-refractivity contribution in [2.75, 3.05) is 11.9 Å². The standard InChI is InChI=1S/C25H26N8OS/c1-17-14-20(18(2)33(17)31-15-27-28-16-31)24-23(21-10-6-7-12-26-21)30-25(35)32(24)13-11-22(34)29-19-8-4-3-5-9-19/h3-10,12,14-16,23-24H,11,13H2,1-2H3,(H,29,34)(H,30,35)/t23-,24-/m1/s1. The third kappa shape index (κ3) is 4.52. The Morgan fingerprint density at radius 1 is 1.09 bits per heavy atom. The Morgan fingerprint density at radius 2 is 1.83 bits per heavy atom. The minimum absolute atomic E-state index is 0.0611. The van der Waals surface area contributed by atoms with E-state index in [2.05, 4.69) is 48.4 Å². The Hall–Kier alpha value is -4.05. The van der Waals surface area contributed by atoms with Gasteiger partial charge in [0, 0.05) is 41.8 Å². The molecule has 1 saturated heterocycles. The summed E-state index contributed by atoms with van der Waals surface area (Å²) in [6, 6.07) is 17.2. The number of para-hydroxylation sites is 1. The zero-order valence-electron chi connectivity index (χ0n) is 19.5. The summed E-state index contributed by atoms with van der Waals surface area (Å²) in [6.07, 6.45) is 5.42. The van der Waals surface area contributed by atoms with E-state index in [9.17, 15) is 4.79 Å². The van der Waals surface area contributed by atoms with Crippen LogP contribution in [0.3, 0.4) is 0 Å². The Balaban J connectivity index is 1.46. The second-order valence-corrected chi connectivity index (χ2v) is 8.85. The normalized spacial score (nSPS) is 17.4. The van der Waals surface area contributed by atoms with E-state index in [1.165, 1.54) is 0 Å². The van der Waals surface area contributed by atoms with Gasteiger partial charge in [0.1, 0.15) is 12.7 Å². The summed E-state index contributed by atoms with van der Waals surface area (Å²) in [5.41, 5.74) is 4.85. The third-order valence-corrected chi connectivity index (χ3v) is 6.58. The molecule has 1 aliphatic rings. The Labute approximate surface area is 208 Å². The number of hydrogen-bond donors (Lipinski definition) is 2. The van der Waals surface area contributed by atoms with Crippen LogP contribution in [0.2, 0.25) is 0 Å². The first-order chi connectivity index (χ1) is 17.0. The van der Waals surface area contributed by atoms with Gasteiger partial charge in [0.05, 0.1) is 17.8 Å². The molecule has 178 valence electrons. The second kappa shape index (κ2) is 9.67. The van der Waals surface area contributed by atoms with Crippen molar-refractivity contribution in [3.05, 3.63) is 96.1 Å². The van der Waals surface area contributed by atoms with Crippen molar-refractivity contribution in [2.24, 2.45) is 0 Å². The predicted molar refractivity (Wildman–Crippen MR) is 137 cm³/mol. The number of anilines is 1. The largest absolute Gasteiger partial charge is 0.352 e. The fourth-order valence-corrected chi connectivity index (χ4v) is 5.01. The number of benzene rings is 1. The maximum Gasteiger partial charge on any atom is 0.226 e. The molecule has 1 aliphatic heterocycles. The maximum absolute atomic E-state index is 12.7. The lowest BCUT2D eigenvalue weighted by Gasteiger charge is -2.28. The number of rotatable bonds is 7. The van der Waals surface area contributed by atoms with E-state index in [0.717, 1.165) is 28.3 Å². The molecule has 0 bridgehead atoms. The molecule has 35 heavy (non-hydrogen) atoms. The minimum atomic E-state index is -0.157. The van der Waals surface area contributed by atoms with Crippen molar-refractivity contribution >= 4 is 28.9 Å². The number of aromatic nitrogens is 5. The third-order valence-electron chi connectivity index (χ3n) is 6.23. The molecule has 2 atom stereocenters. The maximum atomic E-state index is 12.7. The molecule has 0 saturated carbocycles. The number of pyridine rings is 1. The zero-order chi connectivity index (χ0) is 24.4. The smallest absolute Gasteiger partial charge is 0.226 e. The van der Waals surface area contributed by atoms with Crippen LogP contribution >= 0.6 is 12.2 Å². The first kappa shape index (κ1) is 22.7. The lowest BCUT2D eigenvalue weighted by molar-refractivity contribution is -0.116. The van der Waals surface area contributed by atoms with Crippen molar-refractivity contribution in [2.45, 2.75) is 32.4 Å². The van der Waals surface area contributed by atoms with Gasteiger partial charge < -0.3 is 15.5 Å². The van der Waals surface area contributed by atoms with Crippen LogP contribution in [0.5, 0.6) is 0 Å². The first-order valence-electron chi connectivity index (χ1n) is 11.4. The average Bonchev–Trinajstić information content (AvgIpc) is 3.57. The number of amides is 1. The highest BCUT2D eigenvalue weighted by Gasteiger charge is 2.41. The van der Waals surface area contributed by atoms with Gasteiger partial charge in [0.25, 0.3) is 0 Å². The fourth-order valence-electron chi connectivity index (χ4n) is 4.68. The van der Waals surface area contributed by atoms with Gasteiger partial charge in [-0.1, -0.05) is 24.3 Å². The number of nitrogens with zero attached hydrogens (tertiary/aromatic N) is 6. The summed E-state index contributed by atoms with van der Waals surface area (Å²) >= 11 is 5.76. The molecule has 0 radical (unpaired) electrons. The summed E-state index contributed by atoms with van der Waals surface area (Å²) in [6.45, 7) is 4.58. The van der Waals surface area contributed by atoms with Gasteiger partial charge in [0.15, 0.2) is 5.11 Å². The molecule has 10 heteroatoms. The number of carbonyl (C=O) groups excluding carboxylic acids is 1. The molecular weight excluding hydrogens is 460 g/mol. The van der Waals surface area contributed by atoms with E-state index in [4.69, 9.17) is 12.2 Å². The molecule has 0 aliphatic carbocycles. The SMILES string of the molecule is Cc1cc([C@@H]2[C@@H](c3ccccn3)NC(=S)N2CCC(=O)Nc2ccccc2)c(C)n1-n1cnnc1. The van der Waals surface area contributed by atoms with Gasteiger partial charge in [-0.3, -0.25) is 14.5 Å². The molecule has 9 nitrogen and oxygen atoms in total. The molecule has 5 rings (SSSR count). The number of aryl methyl sites for hydroxylation is 1. The average molecular weight is 487 g/mol. The Morgan fingerprint density at radius 3 is 2.54 bits per heavy atom. The molecule has 1 fully saturated rings.